The number of aromatic nitrogens is 2. The Morgan fingerprint density at radius 2 is 1.28 bits per heavy atom. The Kier molecular flexibility index (Phi) is 6.66. The summed E-state index contributed by atoms with van der Waals surface area (Å²) in [6.45, 7) is 4.12. The van der Waals surface area contributed by atoms with Gasteiger partial charge in [-0.25, -0.2) is 4.98 Å². The Bertz CT molecular complexity index is 1730. The topological polar surface area (TPSA) is 45.8 Å². The number of benzene rings is 4. The van der Waals surface area contributed by atoms with Crippen LogP contribution in [0.1, 0.15) is 12.6 Å². The molecule has 0 saturated heterocycles. The molecule has 0 atom stereocenters. The highest BCUT2D eigenvalue weighted by Gasteiger charge is 2.06. The first kappa shape index (κ1) is 23.5. The summed E-state index contributed by atoms with van der Waals surface area (Å²) in [5.74, 6) is 0. The minimum absolute atomic E-state index is 0. The lowest BCUT2D eigenvalue weighted by atomic mass is 10.1. The maximum absolute atomic E-state index is 12.0. The standard InChI is InChI=1S/C16H12ClN.C16H13NO.H2/c1-11-6-8-12(9-7-11)16-10-14(17)13-4-2-3-5-15(13)18-16;1-11-6-8-12(9-7-11)15-10-16(18)13-4-2-3-5-14(13)17-15;/h2-10H,1H3;2-10H,1H3,(H,17,18);1H/i;;1+1. The Hall–Kier alpha value is -4.21. The number of nitrogens with one attached hydrogen (secondary N) is 1. The van der Waals surface area contributed by atoms with E-state index in [2.05, 4.69) is 41.2 Å². The molecule has 3 nitrogen and oxygen atoms in total. The summed E-state index contributed by atoms with van der Waals surface area (Å²) in [6.07, 6.45) is 0. The zero-order chi connectivity index (χ0) is 25.1. The molecule has 1 N–H and O–H groups in total. The number of rotatable bonds is 2. The van der Waals surface area contributed by atoms with E-state index in [9.17, 15) is 4.79 Å². The van der Waals surface area contributed by atoms with E-state index in [0.717, 1.165) is 49.3 Å². The molecule has 0 radical (unpaired) electrons. The van der Waals surface area contributed by atoms with Crippen LogP contribution in [-0.4, -0.2) is 9.97 Å². The monoisotopic (exact) mass is 491 g/mol. The molecule has 0 spiro atoms. The number of pyridine rings is 2. The Morgan fingerprint density at radius 3 is 1.97 bits per heavy atom. The molecule has 0 aliphatic carbocycles. The van der Waals surface area contributed by atoms with Crippen LogP contribution in [-0.2, 0) is 0 Å². The van der Waals surface area contributed by atoms with E-state index in [1.54, 1.807) is 6.07 Å². The molecule has 0 aliphatic heterocycles. The van der Waals surface area contributed by atoms with Crippen molar-refractivity contribution >= 4 is 33.4 Å². The number of hydrogen-bond acceptors (Lipinski definition) is 2. The Balaban J connectivity index is 0.000000168. The van der Waals surface area contributed by atoms with Crippen LogP contribution in [0.4, 0.5) is 0 Å². The summed E-state index contributed by atoms with van der Waals surface area (Å²) >= 11 is 6.30. The van der Waals surface area contributed by atoms with Gasteiger partial charge in [0.15, 0.2) is 5.43 Å². The van der Waals surface area contributed by atoms with Gasteiger partial charge in [0.05, 0.1) is 16.2 Å². The second-order valence-corrected chi connectivity index (χ2v) is 9.24. The van der Waals surface area contributed by atoms with Crippen LogP contribution in [0.15, 0.2) is 114 Å². The van der Waals surface area contributed by atoms with Gasteiger partial charge in [-0.3, -0.25) is 4.79 Å². The van der Waals surface area contributed by atoms with Crippen molar-refractivity contribution in [2.45, 2.75) is 13.8 Å². The van der Waals surface area contributed by atoms with E-state index in [4.69, 9.17) is 11.6 Å². The van der Waals surface area contributed by atoms with E-state index in [0.29, 0.717) is 0 Å². The molecular formula is C32H27ClN2O. The number of aryl methyl sites for hydroxylation is 2. The molecule has 0 unspecified atom stereocenters. The number of halogens is 1. The zero-order valence-electron chi connectivity index (χ0n) is 20.1. The van der Waals surface area contributed by atoms with Gasteiger partial charge in [0.1, 0.15) is 0 Å². The predicted octanol–water partition coefficient (Wildman–Crippen LogP) is 8.61. The summed E-state index contributed by atoms with van der Waals surface area (Å²) < 4.78 is 0. The van der Waals surface area contributed by atoms with Crippen LogP contribution in [0.5, 0.6) is 0 Å². The molecule has 0 bridgehead atoms. The molecule has 36 heavy (non-hydrogen) atoms. The number of para-hydroxylation sites is 2. The molecule has 6 rings (SSSR count). The SMILES string of the molecule is Cc1ccc(-c2cc(=O)c3ccccc3[nH]2)cc1.Cc1ccc(-c2cc(Cl)c3ccccc3n2)cc1.[2HH]. The van der Waals surface area contributed by atoms with Crippen molar-refractivity contribution in [3.05, 3.63) is 136 Å². The second kappa shape index (κ2) is 10.2. The van der Waals surface area contributed by atoms with Crippen LogP contribution < -0.4 is 5.43 Å². The molecule has 4 aromatic carbocycles. The maximum Gasteiger partial charge on any atom is 0.190 e. The van der Waals surface area contributed by atoms with Gasteiger partial charge >= 0.3 is 0 Å². The normalized spacial score (nSPS) is 10.8. The number of aromatic amines is 1. The number of nitrogens with zero attached hydrogens (tertiary/aromatic N) is 1. The number of hydrogen-bond donors (Lipinski definition) is 1. The molecule has 0 fully saturated rings. The van der Waals surface area contributed by atoms with Crippen LogP contribution >= 0.6 is 11.6 Å². The van der Waals surface area contributed by atoms with Crippen LogP contribution in [0.3, 0.4) is 0 Å². The van der Waals surface area contributed by atoms with Crippen molar-refractivity contribution < 1.29 is 1.43 Å². The molecular weight excluding hydrogens is 464 g/mol. The average molecular weight is 492 g/mol. The fourth-order valence-corrected chi connectivity index (χ4v) is 4.35. The summed E-state index contributed by atoms with van der Waals surface area (Å²) in [4.78, 5) is 20.0. The zero-order valence-corrected chi connectivity index (χ0v) is 20.9. The van der Waals surface area contributed by atoms with E-state index in [1.807, 2.05) is 85.8 Å². The highest BCUT2D eigenvalue weighted by atomic mass is 35.5. The van der Waals surface area contributed by atoms with Gasteiger partial charge in [0, 0.05) is 35.0 Å². The second-order valence-electron chi connectivity index (χ2n) is 8.83. The third kappa shape index (κ3) is 5.07. The first-order valence-electron chi connectivity index (χ1n) is 11.8. The van der Waals surface area contributed by atoms with Gasteiger partial charge in [-0.1, -0.05) is 102 Å². The molecule has 6 aromatic rings. The summed E-state index contributed by atoms with van der Waals surface area (Å²) in [7, 11) is 0. The van der Waals surface area contributed by atoms with E-state index >= 15 is 0 Å². The molecule has 2 aromatic heterocycles. The third-order valence-electron chi connectivity index (χ3n) is 6.11. The maximum atomic E-state index is 12.0. The first-order valence-corrected chi connectivity index (χ1v) is 12.2. The predicted molar refractivity (Wildman–Crippen MR) is 154 cm³/mol. The molecule has 0 saturated carbocycles. The van der Waals surface area contributed by atoms with Crippen molar-refractivity contribution in [2.75, 3.05) is 0 Å². The molecule has 178 valence electrons. The summed E-state index contributed by atoms with van der Waals surface area (Å²) in [5.41, 5.74) is 8.21. The van der Waals surface area contributed by atoms with Crippen molar-refractivity contribution in [1.29, 1.82) is 0 Å². The fourth-order valence-electron chi connectivity index (χ4n) is 4.09. The summed E-state index contributed by atoms with van der Waals surface area (Å²) in [5, 5.41) is 2.47. The minimum atomic E-state index is 0. The van der Waals surface area contributed by atoms with E-state index < -0.39 is 0 Å². The lowest BCUT2D eigenvalue weighted by Gasteiger charge is -2.05. The van der Waals surface area contributed by atoms with Crippen LogP contribution in [0, 0.1) is 13.8 Å². The number of fused-ring (bicyclic) bond motifs is 2. The highest BCUT2D eigenvalue weighted by Crippen LogP contribution is 2.28. The van der Waals surface area contributed by atoms with Crippen molar-refractivity contribution in [3.63, 3.8) is 0 Å². The number of H-pyrrole nitrogens is 1. The lowest BCUT2D eigenvalue weighted by molar-refractivity contribution is 1.37. The first-order chi connectivity index (χ1) is 17.5. The van der Waals surface area contributed by atoms with Gasteiger partial charge in [0.25, 0.3) is 0 Å². The van der Waals surface area contributed by atoms with E-state index in [1.165, 1.54) is 11.1 Å². The van der Waals surface area contributed by atoms with Crippen molar-refractivity contribution in [1.82, 2.24) is 9.97 Å². The fraction of sp³-hybridized carbons (Fsp3) is 0.0625. The highest BCUT2D eigenvalue weighted by molar-refractivity contribution is 6.35. The largest absolute Gasteiger partial charge is 0.354 e. The third-order valence-corrected chi connectivity index (χ3v) is 6.43. The van der Waals surface area contributed by atoms with E-state index in [-0.39, 0.29) is 6.86 Å². The van der Waals surface area contributed by atoms with Gasteiger partial charge in [-0.15, -0.1) is 0 Å². The van der Waals surface area contributed by atoms with Gasteiger partial charge < -0.3 is 4.98 Å². The molecule has 2 heterocycles. The lowest BCUT2D eigenvalue weighted by Crippen LogP contribution is -2.02. The van der Waals surface area contributed by atoms with Crippen LogP contribution in [0.25, 0.3) is 44.3 Å². The minimum Gasteiger partial charge on any atom is -0.354 e. The quantitative estimate of drug-likeness (QED) is 0.263. The van der Waals surface area contributed by atoms with Gasteiger partial charge in [-0.05, 0) is 43.7 Å². The van der Waals surface area contributed by atoms with Crippen LogP contribution in [0.2, 0.25) is 5.02 Å². The van der Waals surface area contributed by atoms with Crippen molar-refractivity contribution in [3.8, 4) is 22.5 Å². The average Bonchev–Trinajstić information content (AvgIpc) is 2.90. The van der Waals surface area contributed by atoms with Crippen molar-refractivity contribution in [2.24, 2.45) is 0 Å². The smallest absolute Gasteiger partial charge is 0.190 e. The summed E-state index contributed by atoms with van der Waals surface area (Å²) in [6, 6.07) is 35.5. The molecule has 0 aliphatic rings. The molecule has 0 amide bonds. The Labute approximate surface area is 216 Å². The molecule has 4 heteroatoms. The van der Waals surface area contributed by atoms with Gasteiger partial charge in [0.2, 0.25) is 0 Å². The van der Waals surface area contributed by atoms with Gasteiger partial charge in [-0.2, -0.15) is 0 Å². The Morgan fingerprint density at radius 1 is 0.694 bits per heavy atom.